The summed E-state index contributed by atoms with van der Waals surface area (Å²) in [5, 5.41) is 22.3. The summed E-state index contributed by atoms with van der Waals surface area (Å²) in [6.45, 7) is 2.14. The summed E-state index contributed by atoms with van der Waals surface area (Å²) in [4.78, 5) is 50.7. The van der Waals surface area contributed by atoms with Gasteiger partial charge in [0.05, 0.1) is 24.0 Å². The van der Waals surface area contributed by atoms with Crippen LogP contribution in [0.25, 0.3) is 0 Å². The summed E-state index contributed by atoms with van der Waals surface area (Å²) in [5.41, 5.74) is 0. The fraction of sp³-hybridized carbons (Fsp3) is 0.667. The molecule has 3 saturated heterocycles. The fourth-order valence-corrected chi connectivity index (χ4v) is 6.08. The van der Waals surface area contributed by atoms with Gasteiger partial charge in [0.2, 0.25) is 23.6 Å². The van der Waals surface area contributed by atoms with Crippen molar-refractivity contribution in [2.24, 2.45) is 11.8 Å². The molecule has 4 heterocycles. The molecule has 0 aromatic heterocycles. The monoisotopic (exact) mass is 425 g/mol. The van der Waals surface area contributed by atoms with Crippen LogP contribution in [-0.4, -0.2) is 80.9 Å². The second-order valence-corrected chi connectivity index (χ2v) is 9.33. The number of hydrogen-bond donors (Lipinski definition) is 3. The van der Waals surface area contributed by atoms with Crippen LogP contribution in [0.3, 0.4) is 0 Å². The van der Waals surface area contributed by atoms with E-state index in [1.54, 1.807) is 6.92 Å². The largest absolute Gasteiger partial charge is 0.512 e. The number of β-lactam (4-membered cyclic amide) rings is 1. The van der Waals surface area contributed by atoms with Crippen molar-refractivity contribution in [3.63, 3.8) is 0 Å². The van der Waals surface area contributed by atoms with Gasteiger partial charge in [0.15, 0.2) is 0 Å². The van der Waals surface area contributed by atoms with Gasteiger partial charge in [-0.05, 0) is 13.3 Å². The maximum Gasteiger partial charge on any atom is 0.512 e. The van der Waals surface area contributed by atoms with Gasteiger partial charge in [0, 0.05) is 42.6 Å². The van der Waals surface area contributed by atoms with Gasteiger partial charge in [-0.15, -0.1) is 11.8 Å². The second kappa shape index (κ2) is 7.29. The van der Waals surface area contributed by atoms with Crippen LogP contribution in [0, 0.1) is 11.8 Å². The molecule has 4 rings (SSSR count). The molecule has 0 spiro atoms. The van der Waals surface area contributed by atoms with Crippen molar-refractivity contribution in [3.8, 4) is 0 Å². The lowest BCUT2D eigenvalue weighted by molar-refractivity contribution is -0.161. The van der Waals surface area contributed by atoms with Gasteiger partial charge in [-0.3, -0.25) is 24.2 Å². The van der Waals surface area contributed by atoms with E-state index in [-0.39, 0.29) is 53.3 Å². The number of nitrogens with zero attached hydrogens (tertiary/aromatic N) is 2. The average molecular weight is 425 g/mol. The topological polar surface area (TPSA) is 136 Å². The van der Waals surface area contributed by atoms with Gasteiger partial charge in [-0.2, -0.15) is 0 Å². The van der Waals surface area contributed by atoms with Crippen molar-refractivity contribution in [1.29, 1.82) is 0 Å². The summed E-state index contributed by atoms with van der Waals surface area (Å²) in [6, 6.07) is -0.421. The highest BCUT2D eigenvalue weighted by Crippen LogP contribution is 2.49. The van der Waals surface area contributed by atoms with E-state index in [2.05, 4.69) is 5.32 Å². The van der Waals surface area contributed by atoms with Gasteiger partial charge in [0.25, 0.3) is 0 Å². The minimum atomic E-state index is -1.49. The van der Waals surface area contributed by atoms with Gasteiger partial charge in [-0.25, -0.2) is 4.79 Å². The Hall–Kier alpha value is -2.11. The average Bonchev–Trinajstić information content (AvgIpc) is 3.27. The molecule has 0 saturated carbocycles. The van der Waals surface area contributed by atoms with E-state index < -0.39 is 18.2 Å². The smallest absolute Gasteiger partial charge is 0.449 e. The second-order valence-electron chi connectivity index (χ2n) is 7.93. The first-order valence-electron chi connectivity index (χ1n) is 9.54. The Morgan fingerprint density at radius 3 is 2.59 bits per heavy atom. The van der Waals surface area contributed by atoms with Gasteiger partial charge in [0.1, 0.15) is 0 Å². The number of fused-ring (bicyclic) bond motifs is 1. The van der Waals surface area contributed by atoms with Gasteiger partial charge >= 0.3 is 6.16 Å². The first kappa shape index (κ1) is 20.2. The molecular weight excluding hydrogens is 402 g/mol. The number of thioether (sulfide) groups is 1. The Labute approximate surface area is 171 Å². The quantitative estimate of drug-likeness (QED) is 0.314. The minimum absolute atomic E-state index is 0.0321. The van der Waals surface area contributed by atoms with Crippen LogP contribution in [0.15, 0.2) is 10.8 Å². The van der Waals surface area contributed by atoms with Crippen LogP contribution >= 0.6 is 11.8 Å². The third-order valence-corrected chi connectivity index (χ3v) is 7.48. The van der Waals surface area contributed by atoms with Crippen molar-refractivity contribution < 1.29 is 34.1 Å². The molecule has 4 aliphatic heterocycles. The number of carbonyl (C=O) groups excluding carboxylic acids is 3. The minimum Gasteiger partial charge on any atom is -0.449 e. The Balaban J connectivity index is 1.45. The number of ether oxygens (including phenoxy) is 1. The van der Waals surface area contributed by atoms with E-state index in [4.69, 9.17) is 9.84 Å². The molecule has 6 atom stereocenters. The van der Waals surface area contributed by atoms with Crippen molar-refractivity contribution in [2.45, 2.75) is 49.6 Å². The maximum atomic E-state index is 12.3. The first-order valence-corrected chi connectivity index (χ1v) is 10.4. The highest BCUT2D eigenvalue weighted by molar-refractivity contribution is 8.03. The first-order chi connectivity index (χ1) is 13.7. The molecule has 0 aromatic rings. The molecule has 3 N–H and O–H groups in total. The number of nitrogens with one attached hydrogen (secondary N) is 1. The predicted molar refractivity (Wildman–Crippen MR) is 100 cm³/mol. The standard InChI is InChI=1S/C18H23N3O7S/c1-7(22)14-11-5-12(17(28-18(26)27)21(11)16(14)25)29-8-3-10(19-6-8)9-4-13(23)20(2)15(9)24/h7-11,14,19,22H,3-6H2,1-2H3,(H,26,27)/t7-,8+,9?,10+,11-,14-/m1/s1. The van der Waals surface area contributed by atoms with Crippen LogP contribution in [0.4, 0.5) is 4.79 Å². The molecule has 1 unspecified atom stereocenters. The summed E-state index contributed by atoms with van der Waals surface area (Å²) in [6.07, 6.45) is -1.04. The van der Waals surface area contributed by atoms with Crippen LogP contribution < -0.4 is 5.32 Å². The molecule has 0 radical (unpaired) electrons. The zero-order chi connectivity index (χ0) is 21.0. The summed E-state index contributed by atoms with van der Waals surface area (Å²) in [7, 11) is 1.49. The fourth-order valence-electron chi connectivity index (χ4n) is 4.69. The van der Waals surface area contributed by atoms with Crippen LogP contribution in [0.2, 0.25) is 0 Å². The van der Waals surface area contributed by atoms with Crippen molar-refractivity contribution in [2.75, 3.05) is 13.6 Å². The molecule has 3 fully saturated rings. The van der Waals surface area contributed by atoms with Crippen molar-refractivity contribution >= 4 is 35.6 Å². The molecular formula is C18H23N3O7S. The number of aliphatic hydroxyl groups is 1. The Morgan fingerprint density at radius 2 is 2.00 bits per heavy atom. The van der Waals surface area contributed by atoms with Gasteiger partial charge < -0.3 is 20.3 Å². The predicted octanol–water partition coefficient (Wildman–Crippen LogP) is -0.0698. The molecule has 158 valence electrons. The lowest BCUT2D eigenvalue weighted by Gasteiger charge is -2.44. The van der Waals surface area contributed by atoms with E-state index in [9.17, 15) is 24.3 Å². The number of likely N-dealkylation sites (tertiary alicyclic amines) is 1. The normalized spacial score (nSPS) is 35.3. The highest BCUT2D eigenvalue weighted by atomic mass is 32.2. The zero-order valence-electron chi connectivity index (χ0n) is 16.0. The molecule has 29 heavy (non-hydrogen) atoms. The third kappa shape index (κ3) is 3.30. The molecule has 0 aromatic carbocycles. The van der Waals surface area contributed by atoms with E-state index in [0.717, 1.165) is 4.90 Å². The molecule has 0 aliphatic carbocycles. The molecule has 11 heteroatoms. The van der Waals surface area contributed by atoms with E-state index in [1.165, 1.54) is 23.7 Å². The Morgan fingerprint density at radius 1 is 1.28 bits per heavy atom. The van der Waals surface area contributed by atoms with E-state index in [1.807, 2.05) is 0 Å². The lowest BCUT2D eigenvalue weighted by atomic mass is 9.84. The highest BCUT2D eigenvalue weighted by Gasteiger charge is 2.57. The van der Waals surface area contributed by atoms with Crippen LogP contribution in [0.5, 0.6) is 0 Å². The van der Waals surface area contributed by atoms with Gasteiger partial charge in [-0.1, -0.05) is 0 Å². The molecule has 10 nitrogen and oxygen atoms in total. The summed E-state index contributed by atoms with van der Waals surface area (Å²) < 4.78 is 4.91. The zero-order valence-corrected chi connectivity index (χ0v) is 16.8. The van der Waals surface area contributed by atoms with Crippen LogP contribution in [-0.2, 0) is 19.1 Å². The SMILES string of the molecule is C[C@@H](O)[C@H]1C(=O)N2C(OC(=O)O)=C(S[C@@H]3CN[C@H](C4CC(=O)N(C)C4=O)C3)C[C@H]12. The number of imide groups is 1. The van der Waals surface area contributed by atoms with Crippen LogP contribution in [0.1, 0.15) is 26.2 Å². The Kier molecular flexibility index (Phi) is 5.07. The summed E-state index contributed by atoms with van der Waals surface area (Å²) >= 11 is 1.44. The summed E-state index contributed by atoms with van der Waals surface area (Å²) in [5.74, 6) is -1.61. The molecule has 0 bridgehead atoms. The van der Waals surface area contributed by atoms with E-state index >= 15 is 0 Å². The van der Waals surface area contributed by atoms with Crippen molar-refractivity contribution in [1.82, 2.24) is 15.1 Å². The number of carboxylic acid groups (broad SMARTS) is 1. The maximum absolute atomic E-state index is 12.3. The molecule has 3 amide bonds. The number of amides is 3. The van der Waals surface area contributed by atoms with E-state index in [0.29, 0.717) is 24.3 Å². The van der Waals surface area contributed by atoms with Crippen molar-refractivity contribution in [3.05, 3.63) is 10.8 Å². The lowest BCUT2D eigenvalue weighted by Crippen LogP contribution is -2.61. The number of carbonyl (C=O) groups is 4. The number of rotatable bonds is 5. The number of aliphatic hydroxyl groups excluding tert-OH is 1. The third-order valence-electron chi connectivity index (χ3n) is 6.16. The Bertz CT molecular complexity index is 813. The molecule has 4 aliphatic rings. The number of hydrogen-bond acceptors (Lipinski definition) is 8.